The van der Waals surface area contributed by atoms with Gasteiger partial charge in [0.25, 0.3) is 5.91 Å². The highest BCUT2D eigenvalue weighted by atomic mass is 16.2. The summed E-state index contributed by atoms with van der Waals surface area (Å²) in [6, 6.07) is 5.03. The molecule has 0 radical (unpaired) electrons. The molecular formula is C16H19N5O2. The lowest BCUT2D eigenvalue weighted by molar-refractivity contribution is -0.127. The summed E-state index contributed by atoms with van der Waals surface area (Å²) in [5, 5.41) is 0. The highest BCUT2D eigenvalue weighted by Crippen LogP contribution is 2.29. The standard InChI is InChI=1S/C16H19N5O2/c1-10-7-12(9-21-8-11(2)18-14(10)21)15(22)19-20-16(23)13-5-3-4-6-17-13/h3-6,8,10,12H,7,9H2,1-2H3,(H,19,22)(H,20,23)/t10-,12+/m1/s1. The third-order valence-electron chi connectivity index (χ3n) is 3.99. The zero-order chi connectivity index (χ0) is 16.4. The molecule has 0 unspecified atom stereocenters. The largest absolute Gasteiger partial charge is 0.334 e. The smallest absolute Gasteiger partial charge is 0.288 e. The van der Waals surface area contributed by atoms with Crippen LogP contribution < -0.4 is 10.9 Å². The van der Waals surface area contributed by atoms with E-state index in [1.807, 2.05) is 17.7 Å². The summed E-state index contributed by atoms with van der Waals surface area (Å²) in [7, 11) is 0. The molecule has 120 valence electrons. The van der Waals surface area contributed by atoms with E-state index in [1.54, 1.807) is 18.2 Å². The number of carbonyl (C=O) groups is 2. The number of nitrogens with zero attached hydrogens (tertiary/aromatic N) is 3. The van der Waals surface area contributed by atoms with E-state index in [0.29, 0.717) is 13.0 Å². The Morgan fingerprint density at radius 1 is 1.30 bits per heavy atom. The second-order valence-electron chi connectivity index (χ2n) is 5.88. The van der Waals surface area contributed by atoms with Crippen molar-refractivity contribution in [3.63, 3.8) is 0 Å². The highest BCUT2D eigenvalue weighted by molar-refractivity contribution is 5.93. The molecule has 0 spiro atoms. The molecule has 1 aliphatic heterocycles. The van der Waals surface area contributed by atoms with Crippen molar-refractivity contribution < 1.29 is 9.59 Å². The molecule has 3 heterocycles. The summed E-state index contributed by atoms with van der Waals surface area (Å²) in [6.07, 6.45) is 4.20. The third-order valence-corrected chi connectivity index (χ3v) is 3.99. The van der Waals surface area contributed by atoms with Crippen molar-refractivity contribution in [3.8, 4) is 0 Å². The van der Waals surface area contributed by atoms with Gasteiger partial charge in [-0.2, -0.15) is 0 Å². The number of carbonyl (C=O) groups excluding carboxylic acids is 2. The van der Waals surface area contributed by atoms with Gasteiger partial charge in [0.1, 0.15) is 11.5 Å². The number of aromatic nitrogens is 3. The first-order valence-corrected chi connectivity index (χ1v) is 7.59. The van der Waals surface area contributed by atoms with E-state index in [-0.39, 0.29) is 23.4 Å². The van der Waals surface area contributed by atoms with Crippen LogP contribution in [0.2, 0.25) is 0 Å². The van der Waals surface area contributed by atoms with Crippen LogP contribution in [0.25, 0.3) is 0 Å². The van der Waals surface area contributed by atoms with Crippen LogP contribution in [0.15, 0.2) is 30.6 Å². The number of fused-ring (bicyclic) bond motifs is 1. The van der Waals surface area contributed by atoms with Gasteiger partial charge in [-0.3, -0.25) is 25.4 Å². The van der Waals surface area contributed by atoms with Gasteiger partial charge in [-0.25, -0.2) is 4.98 Å². The first-order chi connectivity index (χ1) is 11.0. The van der Waals surface area contributed by atoms with Crippen LogP contribution >= 0.6 is 0 Å². The van der Waals surface area contributed by atoms with Crippen LogP contribution in [0, 0.1) is 12.8 Å². The molecule has 0 aliphatic carbocycles. The highest BCUT2D eigenvalue weighted by Gasteiger charge is 2.30. The Hall–Kier alpha value is -2.70. The molecule has 0 aromatic carbocycles. The van der Waals surface area contributed by atoms with Gasteiger partial charge in [-0.15, -0.1) is 0 Å². The molecule has 0 fully saturated rings. The zero-order valence-corrected chi connectivity index (χ0v) is 13.1. The maximum absolute atomic E-state index is 12.3. The van der Waals surface area contributed by atoms with Gasteiger partial charge in [0, 0.05) is 24.9 Å². The number of aryl methyl sites for hydroxylation is 1. The van der Waals surface area contributed by atoms with Gasteiger partial charge in [0.15, 0.2) is 0 Å². The number of amides is 2. The Labute approximate surface area is 134 Å². The summed E-state index contributed by atoms with van der Waals surface area (Å²) in [5.41, 5.74) is 6.13. The van der Waals surface area contributed by atoms with Crippen LogP contribution in [0.5, 0.6) is 0 Å². The fourth-order valence-electron chi connectivity index (χ4n) is 2.92. The van der Waals surface area contributed by atoms with Crippen molar-refractivity contribution in [1.29, 1.82) is 0 Å². The second kappa shape index (κ2) is 6.20. The van der Waals surface area contributed by atoms with Gasteiger partial charge in [0.05, 0.1) is 11.6 Å². The zero-order valence-electron chi connectivity index (χ0n) is 13.1. The van der Waals surface area contributed by atoms with Gasteiger partial charge < -0.3 is 4.57 Å². The number of pyridine rings is 1. The normalized spacial score (nSPS) is 19.7. The molecular weight excluding hydrogens is 294 g/mol. The Kier molecular flexibility index (Phi) is 4.10. The van der Waals surface area contributed by atoms with E-state index < -0.39 is 5.91 Å². The Morgan fingerprint density at radius 2 is 2.13 bits per heavy atom. The fourth-order valence-corrected chi connectivity index (χ4v) is 2.92. The van der Waals surface area contributed by atoms with Gasteiger partial charge in [-0.05, 0) is 25.5 Å². The molecule has 7 heteroatoms. The van der Waals surface area contributed by atoms with Crippen LogP contribution in [-0.4, -0.2) is 26.3 Å². The number of hydrazine groups is 1. The Morgan fingerprint density at radius 3 is 2.87 bits per heavy atom. The Balaban J connectivity index is 1.60. The number of rotatable bonds is 2. The quantitative estimate of drug-likeness (QED) is 0.815. The average Bonchev–Trinajstić information content (AvgIpc) is 2.94. The fraction of sp³-hybridized carbons (Fsp3) is 0.375. The van der Waals surface area contributed by atoms with E-state index in [2.05, 4.69) is 27.7 Å². The minimum absolute atomic E-state index is 0.196. The topological polar surface area (TPSA) is 88.9 Å². The average molecular weight is 313 g/mol. The summed E-state index contributed by atoms with van der Waals surface area (Å²) >= 11 is 0. The molecule has 2 aromatic heterocycles. The molecule has 2 N–H and O–H groups in total. The monoisotopic (exact) mass is 313 g/mol. The van der Waals surface area contributed by atoms with Crippen LogP contribution in [-0.2, 0) is 11.3 Å². The lowest BCUT2D eigenvalue weighted by Gasteiger charge is -2.27. The molecule has 0 saturated heterocycles. The number of hydrogen-bond acceptors (Lipinski definition) is 4. The maximum atomic E-state index is 12.3. The van der Waals surface area contributed by atoms with Crippen molar-refractivity contribution >= 4 is 11.8 Å². The molecule has 23 heavy (non-hydrogen) atoms. The van der Waals surface area contributed by atoms with Crippen molar-refractivity contribution in [2.24, 2.45) is 5.92 Å². The van der Waals surface area contributed by atoms with Crippen molar-refractivity contribution in [2.75, 3.05) is 0 Å². The van der Waals surface area contributed by atoms with Gasteiger partial charge >= 0.3 is 0 Å². The molecule has 3 rings (SSSR count). The van der Waals surface area contributed by atoms with Gasteiger partial charge in [0.2, 0.25) is 5.91 Å². The first-order valence-electron chi connectivity index (χ1n) is 7.59. The molecule has 2 amide bonds. The van der Waals surface area contributed by atoms with E-state index in [1.165, 1.54) is 6.20 Å². The van der Waals surface area contributed by atoms with Crippen molar-refractivity contribution in [3.05, 3.63) is 47.8 Å². The summed E-state index contributed by atoms with van der Waals surface area (Å²) in [4.78, 5) is 32.6. The lowest BCUT2D eigenvalue weighted by atomic mass is 9.91. The lowest BCUT2D eigenvalue weighted by Crippen LogP contribution is -2.46. The minimum atomic E-state index is -0.429. The molecule has 1 aliphatic rings. The molecule has 2 atom stereocenters. The molecule has 0 bridgehead atoms. The maximum Gasteiger partial charge on any atom is 0.288 e. The van der Waals surface area contributed by atoms with E-state index in [4.69, 9.17) is 0 Å². The third kappa shape index (κ3) is 3.23. The van der Waals surface area contributed by atoms with E-state index in [0.717, 1.165) is 11.5 Å². The first kappa shape index (κ1) is 15.2. The van der Waals surface area contributed by atoms with E-state index in [9.17, 15) is 9.59 Å². The second-order valence-corrected chi connectivity index (χ2v) is 5.88. The van der Waals surface area contributed by atoms with Crippen LogP contribution in [0.3, 0.4) is 0 Å². The van der Waals surface area contributed by atoms with E-state index >= 15 is 0 Å². The number of nitrogens with one attached hydrogen (secondary N) is 2. The number of imidazole rings is 1. The molecule has 2 aromatic rings. The van der Waals surface area contributed by atoms with Crippen LogP contribution in [0.4, 0.5) is 0 Å². The van der Waals surface area contributed by atoms with Crippen molar-refractivity contribution in [2.45, 2.75) is 32.7 Å². The summed E-state index contributed by atoms with van der Waals surface area (Å²) in [6.45, 7) is 4.58. The summed E-state index contributed by atoms with van der Waals surface area (Å²) in [5.74, 6) is 0.402. The SMILES string of the molecule is Cc1cn2c(n1)[C@H](C)C[C@H](C(=O)NNC(=O)c1ccccn1)C2. The van der Waals surface area contributed by atoms with Gasteiger partial charge in [-0.1, -0.05) is 13.0 Å². The van der Waals surface area contributed by atoms with Crippen LogP contribution in [0.1, 0.15) is 41.3 Å². The summed E-state index contributed by atoms with van der Waals surface area (Å²) < 4.78 is 2.02. The predicted octanol–water partition coefficient (Wildman–Crippen LogP) is 1.17. The van der Waals surface area contributed by atoms with Crippen molar-refractivity contribution in [1.82, 2.24) is 25.4 Å². The molecule has 7 nitrogen and oxygen atoms in total. The minimum Gasteiger partial charge on any atom is -0.334 e. The molecule has 0 saturated carbocycles. The predicted molar refractivity (Wildman–Crippen MR) is 83.3 cm³/mol. The number of hydrogen-bond donors (Lipinski definition) is 2. The Bertz CT molecular complexity index is 725.